The minimum atomic E-state index is -0.0626. The van der Waals surface area contributed by atoms with Gasteiger partial charge in [0.15, 0.2) is 0 Å². The van der Waals surface area contributed by atoms with Crippen LogP contribution in [0.25, 0.3) is 5.78 Å². The molecular weight excluding hydrogens is 360 g/mol. The topological polar surface area (TPSA) is 67.6 Å². The van der Waals surface area contributed by atoms with E-state index in [1.807, 2.05) is 34.0 Å². The van der Waals surface area contributed by atoms with Crippen LogP contribution in [-0.2, 0) is 4.74 Å². The number of rotatable bonds is 5. The zero-order valence-electron chi connectivity index (χ0n) is 16.0. The van der Waals surface area contributed by atoms with E-state index in [0.29, 0.717) is 5.78 Å². The standard InChI is InChI=1S/C19H24N6OS/c1-12-9-13(2)25-18(21-12)22-19(23-25)27-11-16-10-20-17(26-16)14-5-7-15(8-6-14)24(3)4/h5-9,16-17,20H,10-11H2,1-4H3/t16-,17+/m0/s1. The first-order valence-corrected chi connectivity index (χ1v) is 9.98. The molecule has 1 aliphatic rings. The summed E-state index contributed by atoms with van der Waals surface area (Å²) in [7, 11) is 4.08. The highest BCUT2D eigenvalue weighted by molar-refractivity contribution is 7.99. The first-order valence-electron chi connectivity index (χ1n) is 8.99. The summed E-state index contributed by atoms with van der Waals surface area (Å²) in [4.78, 5) is 11.0. The second-order valence-corrected chi connectivity index (χ2v) is 7.98. The lowest BCUT2D eigenvalue weighted by molar-refractivity contribution is 0.0534. The molecule has 0 radical (unpaired) electrons. The number of fused-ring (bicyclic) bond motifs is 1. The summed E-state index contributed by atoms with van der Waals surface area (Å²) in [6, 6.07) is 10.5. The van der Waals surface area contributed by atoms with Crippen molar-refractivity contribution < 1.29 is 4.74 Å². The lowest BCUT2D eigenvalue weighted by Crippen LogP contribution is -2.17. The predicted octanol–water partition coefficient (Wildman–Crippen LogP) is 2.59. The minimum Gasteiger partial charge on any atom is -0.378 e. The van der Waals surface area contributed by atoms with Crippen molar-refractivity contribution in [1.29, 1.82) is 0 Å². The Balaban J connectivity index is 1.37. The van der Waals surface area contributed by atoms with Gasteiger partial charge < -0.3 is 9.64 Å². The van der Waals surface area contributed by atoms with E-state index in [1.54, 1.807) is 16.3 Å². The molecule has 3 aromatic rings. The van der Waals surface area contributed by atoms with Crippen LogP contribution < -0.4 is 10.2 Å². The van der Waals surface area contributed by atoms with Crippen LogP contribution in [0.15, 0.2) is 35.5 Å². The van der Waals surface area contributed by atoms with Gasteiger partial charge in [-0.05, 0) is 37.6 Å². The predicted molar refractivity (Wildman–Crippen MR) is 107 cm³/mol. The smallest absolute Gasteiger partial charge is 0.253 e. The molecule has 1 fully saturated rings. The molecule has 1 saturated heterocycles. The molecule has 0 amide bonds. The highest BCUT2D eigenvalue weighted by atomic mass is 32.2. The van der Waals surface area contributed by atoms with Crippen LogP contribution in [-0.4, -0.2) is 52.1 Å². The van der Waals surface area contributed by atoms with Gasteiger partial charge in [0, 0.05) is 43.5 Å². The number of anilines is 1. The highest BCUT2D eigenvalue weighted by Gasteiger charge is 2.26. The quantitative estimate of drug-likeness (QED) is 0.678. The van der Waals surface area contributed by atoms with Crippen molar-refractivity contribution in [2.75, 3.05) is 31.3 Å². The third kappa shape index (κ3) is 3.92. The Hall–Kier alpha value is -2.16. The monoisotopic (exact) mass is 384 g/mol. The van der Waals surface area contributed by atoms with Crippen LogP contribution in [0, 0.1) is 13.8 Å². The Morgan fingerprint density at radius 3 is 2.74 bits per heavy atom. The summed E-state index contributed by atoms with van der Waals surface area (Å²) in [6.07, 6.45) is 0.0586. The molecule has 0 bridgehead atoms. The fraction of sp³-hybridized carbons (Fsp3) is 0.421. The molecule has 1 aromatic carbocycles. The maximum absolute atomic E-state index is 6.16. The van der Waals surface area contributed by atoms with Gasteiger partial charge in [-0.2, -0.15) is 4.98 Å². The SMILES string of the molecule is Cc1cc(C)n2nc(SC[C@@H]3CN[C@@H](c4ccc(N(C)C)cc4)O3)nc2n1. The molecule has 27 heavy (non-hydrogen) atoms. The van der Waals surface area contributed by atoms with Crippen molar-refractivity contribution in [3.63, 3.8) is 0 Å². The lowest BCUT2D eigenvalue weighted by atomic mass is 10.2. The van der Waals surface area contributed by atoms with Crippen molar-refractivity contribution in [3.05, 3.63) is 47.3 Å². The van der Waals surface area contributed by atoms with Crippen LogP contribution in [0.5, 0.6) is 0 Å². The van der Waals surface area contributed by atoms with Crippen LogP contribution in [0.2, 0.25) is 0 Å². The number of nitrogens with zero attached hydrogens (tertiary/aromatic N) is 5. The third-order valence-electron chi connectivity index (χ3n) is 4.57. The Kier molecular flexibility index (Phi) is 5.03. The van der Waals surface area contributed by atoms with Gasteiger partial charge in [0.05, 0.1) is 6.10 Å². The summed E-state index contributed by atoms with van der Waals surface area (Å²) in [6.45, 7) is 4.80. The summed E-state index contributed by atoms with van der Waals surface area (Å²) in [5.74, 6) is 1.45. The van der Waals surface area contributed by atoms with Crippen LogP contribution >= 0.6 is 11.8 Å². The molecule has 0 saturated carbocycles. The summed E-state index contributed by atoms with van der Waals surface area (Å²) in [5, 5.41) is 8.72. The molecule has 2 atom stereocenters. The van der Waals surface area contributed by atoms with E-state index in [2.05, 4.69) is 49.5 Å². The Morgan fingerprint density at radius 1 is 1.22 bits per heavy atom. The van der Waals surface area contributed by atoms with E-state index in [9.17, 15) is 0 Å². The van der Waals surface area contributed by atoms with Crippen molar-refractivity contribution in [2.24, 2.45) is 0 Å². The van der Waals surface area contributed by atoms with Gasteiger partial charge in [-0.15, -0.1) is 5.10 Å². The van der Waals surface area contributed by atoms with E-state index in [4.69, 9.17) is 4.74 Å². The Labute approximate surface area is 163 Å². The fourth-order valence-electron chi connectivity index (χ4n) is 3.15. The molecule has 8 heteroatoms. The molecule has 2 aromatic heterocycles. The second-order valence-electron chi connectivity index (χ2n) is 6.99. The zero-order chi connectivity index (χ0) is 19.0. The normalized spacial score (nSPS) is 19.7. The number of aryl methyl sites for hydroxylation is 2. The molecule has 1 aliphatic heterocycles. The molecule has 1 N–H and O–H groups in total. The molecule has 4 rings (SSSR count). The largest absolute Gasteiger partial charge is 0.378 e. The van der Waals surface area contributed by atoms with E-state index >= 15 is 0 Å². The zero-order valence-corrected chi connectivity index (χ0v) is 16.8. The number of hydrogen-bond acceptors (Lipinski definition) is 7. The maximum atomic E-state index is 6.16. The first kappa shape index (κ1) is 18.2. The van der Waals surface area contributed by atoms with Crippen LogP contribution in [0.1, 0.15) is 23.2 Å². The van der Waals surface area contributed by atoms with Crippen molar-refractivity contribution in [3.8, 4) is 0 Å². The first-order chi connectivity index (χ1) is 13.0. The van der Waals surface area contributed by atoms with E-state index in [-0.39, 0.29) is 12.3 Å². The van der Waals surface area contributed by atoms with Gasteiger partial charge in [0.2, 0.25) is 5.16 Å². The average molecular weight is 385 g/mol. The molecule has 0 unspecified atom stereocenters. The van der Waals surface area contributed by atoms with Crippen LogP contribution in [0.4, 0.5) is 5.69 Å². The van der Waals surface area contributed by atoms with Gasteiger partial charge in [0.25, 0.3) is 5.78 Å². The van der Waals surface area contributed by atoms with Gasteiger partial charge >= 0.3 is 0 Å². The number of aromatic nitrogens is 4. The van der Waals surface area contributed by atoms with Gasteiger partial charge in [-0.1, -0.05) is 23.9 Å². The molecule has 0 aliphatic carbocycles. The molecule has 0 spiro atoms. The number of hydrogen-bond donors (Lipinski definition) is 1. The fourth-order valence-corrected chi connectivity index (χ4v) is 3.96. The average Bonchev–Trinajstić information content (AvgIpc) is 3.27. The minimum absolute atomic E-state index is 0.0626. The van der Waals surface area contributed by atoms with Crippen molar-refractivity contribution >= 4 is 23.2 Å². The Bertz CT molecular complexity index is 939. The molecule has 142 valence electrons. The van der Waals surface area contributed by atoms with Crippen molar-refractivity contribution in [1.82, 2.24) is 24.9 Å². The lowest BCUT2D eigenvalue weighted by Gasteiger charge is -2.16. The van der Waals surface area contributed by atoms with Gasteiger partial charge in [0.1, 0.15) is 6.23 Å². The van der Waals surface area contributed by atoms with Gasteiger partial charge in [-0.3, -0.25) is 5.32 Å². The van der Waals surface area contributed by atoms with E-state index < -0.39 is 0 Å². The highest BCUT2D eigenvalue weighted by Crippen LogP contribution is 2.26. The van der Waals surface area contributed by atoms with Gasteiger partial charge in [-0.25, -0.2) is 9.50 Å². The number of thioether (sulfide) groups is 1. The van der Waals surface area contributed by atoms with Crippen LogP contribution in [0.3, 0.4) is 0 Å². The van der Waals surface area contributed by atoms with Crippen molar-refractivity contribution in [2.45, 2.75) is 31.3 Å². The second kappa shape index (κ2) is 7.46. The number of nitrogens with one attached hydrogen (secondary N) is 1. The number of ether oxygens (including phenoxy) is 1. The summed E-state index contributed by atoms with van der Waals surface area (Å²) in [5.41, 5.74) is 4.32. The third-order valence-corrected chi connectivity index (χ3v) is 5.54. The Morgan fingerprint density at radius 2 is 2.00 bits per heavy atom. The van der Waals surface area contributed by atoms with E-state index in [0.717, 1.165) is 34.4 Å². The number of benzene rings is 1. The molecule has 7 nitrogen and oxygen atoms in total. The maximum Gasteiger partial charge on any atom is 0.253 e. The molecular formula is C19H24N6OS. The molecule has 3 heterocycles. The summed E-state index contributed by atoms with van der Waals surface area (Å²) < 4.78 is 7.95. The summed E-state index contributed by atoms with van der Waals surface area (Å²) >= 11 is 1.61. The van der Waals surface area contributed by atoms with E-state index in [1.165, 1.54) is 5.69 Å².